The second kappa shape index (κ2) is 12.5. The molecule has 0 unspecified atom stereocenters. The number of para-hydroxylation sites is 1. The molecule has 4 rings (SSSR count). The van der Waals surface area contributed by atoms with Crippen LogP contribution in [0.3, 0.4) is 0 Å². The summed E-state index contributed by atoms with van der Waals surface area (Å²) in [6, 6.07) is 20.5. The highest BCUT2D eigenvalue weighted by Crippen LogP contribution is 2.25. The molecule has 10 heteroatoms. The van der Waals surface area contributed by atoms with E-state index in [-0.39, 0.29) is 18.1 Å². The third kappa shape index (κ3) is 6.96. The summed E-state index contributed by atoms with van der Waals surface area (Å²) in [5.74, 6) is -0.870. The Morgan fingerprint density at radius 3 is 2.32 bits per heavy atom. The molecule has 0 aromatic heterocycles. The van der Waals surface area contributed by atoms with Crippen molar-refractivity contribution in [1.29, 1.82) is 0 Å². The molecule has 0 atom stereocenters. The molecule has 1 aliphatic rings. The Hall–Kier alpha value is -3.31. The standard InChI is InChI=1S/C28H33FN4O4S/c1-31(2)38(35,36)33(27-9-4-3-8-26(27)29)21-22-10-12-25(13-11-22)28(34)30-19-23-6-5-7-24(18-23)20-32-14-16-37-17-15-32/h3-13,18H,14-17,19-21H2,1-2H3,(H,30,34). The average molecular weight is 541 g/mol. The van der Waals surface area contributed by atoms with Gasteiger partial charge >= 0.3 is 10.2 Å². The maximum absolute atomic E-state index is 14.5. The number of hydrogen-bond donors (Lipinski definition) is 1. The molecule has 0 saturated carbocycles. The molecule has 3 aromatic carbocycles. The summed E-state index contributed by atoms with van der Waals surface area (Å²) in [4.78, 5) is 15.1. The lowest BCUT2D eigenvalue weighted by Gasteiger charge is -2.27. The molecule has 0 aliphatic carbocycles. The van der Waals surface area contributed by atoms with E-state index in [1.165, 1.54) is 37.9 Å². The fourth-order valence-electron chi connectivity index (χ4n) is 4.21. The van der Waals surface area contributed by atoms with Gasteiger partial charge in [-0.3, -0.25) is 14.0 Å². The second-order valence-corrected chi connectivity index (χ2v) is 11.4. The van der Waals surface area contributed by atoms with Crippen LogP contribution in [0, 0.1) is 5.82 Å². The fourth-order valence-corrected chi connectivity index (χ4v) is 5.31. The SMILES string of the molecule is CN(C)S(=O)(=O)N(Cc1ccc(C(=O)NCc2cccc(CN3CCOCC3)c2)cc1)c1ccccc1F. The molecule has 1 N–H and O–H groups in total. The minimum atomic E-state index is -3.95. The smallest absolute Gasteiger partial charge is 0.303 e. The first kappa shape index (κ1) is 27.7. The molecule has 1 aliphatic heterocycles. The van der Waals surface area contributed by atoms with Gasteiger partial charge in [0.1, 0.15) is 5.82 Å². The number of anilines is 1. The first-order chi connectivity index (χ1) is 18.2. The Morgan fingerprint density at radius 2 is 1.63 bits per heavy atom. The molecular formula is C28H33FN4O4S. The first-order valence-electron chi connectivity index (χ1n) is 12.4. The molecule has 1 heterocycles. The first-order valence-corrected chi connectivity index (χ1v) is 13.8. The molecule has 38 heavy (non-hydrogen) atoms. The van der Waals surface area contributed by atoms with Crippen LogP contribution in [-0.2, 0) is 34.6 Å². The number of carbonyl (C=O) groups excluding carboxylic acids is 1. The number of rotatable bonds is 10. The van der Waals surface area contributed by atoms with Gasteiger partial charge in [-0.05, 0) is 41.0 Å². The van der Waals surface area contributed by atoms with Crippen molar-refractivity contribution < 1.29 is 22.3 Å². The largest absolute Gasteiger partial charge is 0.379 e. The molecule has 1 fully saturated rings. The zero-order valence-electron chi connectivity index (χ0n) is 21.6. The minimum absolute atomic E-state index is 0.0427. The highest BCUT2D eigenvalue weighted by atomic mass is 32.2. The molecule has 202 valence electrons. The number of halogens is 1. The third-order valence-corrected chi connectivity index (χ3v) is 8.16. The molecule has 1 amide bonds. The Morgan fingerprint density at radius 1 is 0.947 bits per heavy atom. The van der Waals surface area contributed by atoms with Gasteiger partial charge in [-0.1, -0.05) is 48.5 Å². The van der Waals surface area contributed by atoms with Crippen molar-refractivity contribution in [1.82, 2.24) is 14.5 Å². The van der Waals surface area contributed by atoms with E-state index < -0.39 is 16.0 Å². The van der Waals surface area contributed by atoms with Crippen LogP contribution in [0.2, 0.25) is 0 Å². The predicted molar refractivity (Wildman–Crippen MR) is 145 cm³/mol. The van der Waals surface area contributed by atoms with Gasteiger partial charge in [-0.15, -0.1) is 0 Å². The monoisotopic (exact) mass is 540 g/mol. The number of hydrogen-bond acceptors (Lipinski definition) is 5. The Bertz CT molecular complexity index is 1340. The van der Waals surface area contributed by atoms with Crippen LogP contribution >= 0.6 is 0 Å². The van der Waals surface area contributed by atoms with E-state index >= 15 is 0 Å². The van der Waals surface area contributed by atoms with Gasteiger partial charge in [-0.2, -0.15) is 12.7 Å². The lowest BCUT2D eigenvalue weighted by atomic mass is 10.1. The molecule has 0 radical (unpaired) electrons. The number of benzene rings is 3. The number of amides is 1. The minimum Gasteiger partial charge on any atom is -0.379 e. The lowest BCUT2D eigenvalue weighted by molar-refractivity contribution is 0.0342. The number of nitrogens with one attached hydrogen (secondary N) is 1. The van der Waals surface area contributed by atoms with Gasteiger partial charge in [0.25, 0.3) is 5.91 Å². The van der Waals surface area contributed by atoms with E-state index in [4.69, 9.17) is 4.74 Å². The van der Waals surface area contributed by atoms with Gasteiger partial charge < -0.3 is 10.1 Å². The van der Waals surface area contributed by atoms with E-state index in [0.29, 0.717) is 17.7 Å². The molecule has 0 bridgehead atoms. The maximum Gasteiger partial charge on any atom is 0.303 e. The van der Waals surface area contributed by atoms with Gasteiger partial charge in [-0.25, -0.2) is 4.39 Å². The number of morpholine rings is 1. The normalized spacial score (nSPS) is 14.4. The maximum atomic E-state index is 14.5. The van der Waals surface area contributed by atoms with Crippen LogP contribution in [0.15, 0.2) is 72.8 Å². The second-order valence-electron chi connectivity index (χ2n) is 9.34. The predicted octanol–water partition coefficient (Wildman–Crippen LogP) is 3.40. The van der Waals surface area contributed by atoms with Crippen molar-refractivity contribution in [2.75, 3.05) is 44.7 Å². The topological polar surface area (TPSA) is 82.2 Å². The van der Waals surface area contributed by atoms with E-state index in [1.54, 1.807) is 30.3 Å². The zero-order chi connectivity index (χ0) is 27.1. The van der Waals surface area contributed by atoms with Crippen molar-refractivity contribution in [3.63, 3.8) is 0 Å². The summed E-state index contributed by atoms with van der Waals surface area (Å²) < 4.78 is 47.8. The zero-order valence-corrected chi connectivity index (χ0v) is 22.5. The van der Waals surface area contributed by atoms with E-state index in [1.807, 2.05) is 12.1 Å². The van der Waals surface area contributed by atoms with Gasteiger partial charge in [0.05, 0.1) is 25.4 Å². The highest BCUT2D eigenvalue weighted by molar-refractivity contribution is 7.90. The molecule has 8 nitrogen and oxygen atoms in total. The fraction of sp³-hybridized carbons (Fsp3) is 0.321. The molecule has 0 spiro atoms. The average Bonchev–Trinajstić information content (AvgIpc) is 2.92. The van der Waals surface area contributed by atoms with Crippen LogP contribution in [0.25, 0.3) is 0 Å². The van der Waals surface area contributed by atoms with E-state index in [9.17, 15) is 17.6 Å². The number of carbonyl (C=O) groups is 1. The Labute approximate surface area is 223 Å². The summed E-state index contributed by atoms with van der Waals surface area (Å²) in [6.07, 6.45) is 0. The summed E-state index contributed by atoms with van der Waals surface area (Å²) in [5.41, 5.74) is 3.22. The van der Waals surface area contributed by atoms with Crippen LogP contribution in [0.4, 0.5) is 10.1 Å². The van der Waals surface area contributed by atoms with Gasteiger partial charge in [0, 0.05) is 45.8 Å². The number of ether oxygens (including phenoxy) is 1. The van der Waals surface area contributed by atoms with Gasteiger partial charge in [0.2, 0.25) is 0 Å². The summed E-state index contributed by atoms with van der Waals surface area (Å²) in [7, 11) is -1.16. The molecular weight excluding hydrogens is 507 g/mol. The van der Waals surface area contributed by atoms with Crippen molar-refractivity contribution in [3.8, 4) is 0 Å². The summed E-state index contributed by atoms with van der Waals surface area (Å²) in [5, 5.41) is 2.94. The molecule has 3 aromatic rings. The third-order valence-electron chi connectivity index (χ3n) is 6.36. The van der Waals surface area contributed by atoms with Crippen molar-refractivity contribution in [2.45, 2.75) is 19.6 Å². The van der Waals surface area contributed by atoms with Gasteiger partial charge in [0.15, 0.2) is 0 Å². The van der Waals surface area contributed by atoms with Crippen molar-refractivity contribution >= 4 is 21.8 Å². The van der Waals surface area contributed by atoms with Crippen LogP contribution < -0.4 is 9.62 Å². The lowest BCUT2D eigenvalue weighted by Crippen LogP contribution is -2.40. The van der Waals surface area contributed by atoms with Crippen molar-refractivity contribution in [3.05, 3.63) is 101 Å². The quantitative estimate of drug-likeness (QED) is 0.426. The van der Waals surface area contributed by atoms with E-state index in [2.05, 4.69) is 22.3 Å². The Balaban J connectivity index is 1.40. The van der Waals surface area contributed by atoms with Crippen LogP contribution in [-0.4, -0.2) is 63.9 Å². The highest BCUT2D eigenvalue weighted by Gasteiger charge is 2.27. The summed E-state index contributed by atoms with van der Waals surface area (Å²) in [6.45, 7) is 4.48. The van der Waals surface area contributed by atoms with Crippen molar-refractivity contribution in [2.24, 2.45) is 0 Å². The summed E-state index contributed by atoms with van der Waals surface area (Å²) >= 11 is 0. The Kier molecular flexibility index (Phi) is 9.11. The van der Waals surface area contributed by atoms with Crippen LogP contribution in [0.5, 0.6) is 0 Å². The van der Waals surface area contributed by atoms with Crippen LogP contribution in [0.1, 0.15) is 27.0 Å². The number of nitrogens with zero attached hydrogens (tertiary/aromatic N) is 3. The van der Waals surface area contributed by atoms with E-state index in [0.717, 1.165) is 47.0 Å². The molecule has 1 saturated heterocycles.